The fourth-order valence-electron chi connectivity index (χ4n) is 2.29. The molecule has 3 N–H and O–H groups in total. The minimum absolute atomic E-state index is 0.159. The van der Waals surface area contributed by atoms with Gasteiger partial charge in [-0.25, -0.2) is 0 Å². The number of hydrogen-bond donors (Lipinski definition) is 3. The van der Waals surface area contributed by atoms with Crippen LogP contribution in [0.4, 0.5) is 11.4 Å². The van der Waals surface area contributed by atoms with E-state index in [2.05, 4.69) is 15.7 Å². The monoisotopic (exact) mass is 333 g/mol. The molecule has 0 saturated carbocycles. The van der Waals surface area contributed by atoms with Crippen LogP contribution in [0.2, 0.25) is 0 Å². The van der Waals surface area contributed by atoms with Gasteiger partial charge in [0.15, 0.2) is 0 Å². The van der Waals surface area contributed by atoms with E-state index in [1.54, 1.807) is 72.8 Å². The van der Waals surface area contributed by atoms with Crippen LogP contribution < -0.4 is 5.43 Å². The van der Waals surface area contributed by atoms with Crippen molar-refractivity contribution in [3.8, 4) is 11.5 Å². The van der Waals surface area contributed by atoms with Crippen molar-refractivity contribution in [3.05, 3.63) is 88.8 Å². The molecule has 0 heterocycles. The number of hydrogen-bond acceptors (Lipinski definition) is 6. The van der Waals surface area contributed by atoms with Crippen LogP contribution >= 0.6 is 0 Å². The lowest BCUT2D eigenvalue weighted by Crippen LogP contribution is -2.06. The Labute approximate surface area is 144 Å². The Morgan fingerprint density at radius 2 is 1.36 bits per heavy atom. The molecular weight excluding hydrogens is 318 g/mol. The van der Waals surface area contributed by atoms with Gasteiger partial charge in [-0.1, -0.05) is 6.07 Å². The topological polar surface area (TPSA) is 94.3 Å². The molecule has 0 atom stereocenters. The van der Waals surface area contributed by atoms with E-state index in [0.29, 0.717) is 17.1 Å². The number of nitrogens with zero attached hydrogens (tertiary/aromatic N) is 2. The molecule has 3 aromatic rings. The molecule has 0 aliphatic rings. The van der Waals surface area contributed by atoms with Crippen molar-refractivity contribution in [2.45, 2.75) is 0 Å². The normalized spacial score (nSPS) is 10.1. The number of phenols is 2. The fourth-order valence-corrected chi connectivity index (χ4v) is 2.29. The fraction of sp³-hybridized carbons (Fsp3) is 0. The second-order valence-corrected chi connectivity index (χ2v) is 5.31. The Kier molecular flexibility index (Phi) is 4.71. The predicted octanol–water partition coefficient (Wildman–Crippen LogP) is 4.36. The second-order valence-electron chi connectivity index (χ2n) is 5.31. The molecule has 0 aliphatic carbocycles. The summed E-state index contributed by atoms with van der Waals surface area (Å²) in [6, 6.07) is 19.9. The van der Waals surface area contributed by atoms with Crippen LogP contribution in [0.3, 0.4) is 0 Å². The van der Waals surface area contributed by atoms with Crippen LogP contribution in [0.15, 0.2) is 83.1 Å². The number of nitrogens with one attached hydrogen (secondary N) is 1. The molecule has 0 spiro atoms. The number of phenolic OH excluding ortho intramolecular Hbond substituents is 2. The first-order chi connectivity index (χ1) is 12.2. The quantitative estimate of drug-likeness (QED) is 0.367. The predicted molar refractivity (Wildman–Crippen MR) is 97.4 cm³/mol. The van der Waals surface area contributed by atoms with Crippen molar-refractivity contribution in [1.29, 1.82) is 0 Å². The van der Waals surface area contributed by atoms with Gasteiger partial charge in [-0.05, 0) is 71.9 Å². The largest absolute Gasteiger partial charge is 0.508 e. The third-order valence-electron chi connectivity index (χ3n) is 3.53. The summed E-state index contributed by atoms with van der Waals surface area (Å²) in [5.74, 6) is 0.318. The van der Waals surface area contributed by atoms with Gasteiger partial charge in [0.05, 0.1) is 11.4 Å². The Hall–Kier alpha value is -3.67. The van der Waals surface area contributed by atoms with Gasteiger partial charge in [-0.2, -0.15) is 5.10 Å². The summed E-state index contributed by atoms with van der Waals surface area (Å²) >= 11 is 0. The Bertz CT molecular complexity index is 856. The van der Waals surface area contributed by atoms with Gasteiger partial charge in [0.25, 0.3) is 0 Å². The Morgan fingerprint density at radius 1 is 0.800 bits per heavy atom. The highest BCUT2D eigenvalue weighted by Gasteiger charge is 2.08. The van der Waals surface area contributed by atoms with E-state index in [1.165, 1.54) is 0 Å². The smallest absolute Gasteiger partial charge is 0.115 e. The van der Waals surface area contributed by atoms with E-state index in [9.17, 15) is 15.1 Å². The molecule has 25 heavy (non-hydrogen) atoms. The molecule has 0 fully saturated rings. The molecule has 3 rings (SSSR count). The van der Waals surface area contributed by atoms with Gasteiger partial charge >= 0.3 is 0 Å². The molecule has 0 saturated heterocycles. The van der Waals surface area contributed by atoms with Crippen LogP contribution in [-0.2, 0) is 0 Å². The highest BCUT2D eigenvalue weighted by molar-refractivity contribution is 6.13. The summed E-state index contributed by atoms with van der Waals surface area (Å²) in [5, 5.41) is 26.3. The zero-order valence-electron chi connectivity index (χ0n) is 13.1. The van der Waals surface area contributed by atoms with Crippen LogP contribution in [0.1, 0.15) is 11.1 Å². The van der Waals surface area contributed by atoms with E-state index in [1.807, 2.05) is 0 Å². The molecule has 0 radical (unpaired) electrons. The molecule has 0 aromatic heterocycles. The summed E-state index contributed by atoms with van der Waals surface area (Å²) in [4.78, 5) is 10.6. The molecule has 0 aliphatic heterocycles. The van der Waals surface area contributed by atoms with Crippen LogP contribution in [0, 0.1) is 4.91 Å². The number of hydrazone groups is 1. The van der Waals surface area contributed by atoms with Crippen LogP contribution in [0.5, 0.6) is 11.5 Å². The Balaban J connectivity index is 1.98. The summed E-state index contributed by atoms with van der Waals surface area (Å²) in [7, 11) is 0. The first-order valence-corrected chi connectivity index (χ1v) is 7.51. The third-order valence-corrected chi connectivity index (χ3v) is 3.53. The van der Waals surface area contributed by atoms with Crippen molar-refractivity contribution in [3.63, 3.8) is 0 Å². The molecule has 0 unspecified atom stereocenters. The van der Waals surface area contributed by atoms with Gasteiger partial charge in [0.2, 0.25) is 0 Å². The molecular formula is C19H15N3O3. The summed E-state index contributed by atoms with van der Waals surface area (Å²) in [5.41, 5.74) is 6.00. The average Bonchev–Trinajstić information content (AvgIpc) is 2.65. The van der Waals surface area contributed by atoms with E-state index in [4.69, 9.17) is 0 Å². The lowest BCUT2D eigenvalue weighted by molar-refractivity contribution is 0.475. The van der Waals surface area contributed by atoms with Gasteiger partial charge in [0, 0.05) is 11.1 Å². The van der Waals surface area contributed by atoms with Crippen LogP contribution in [0.25, 0.3) is 0 Å². The van der Waals surface area contributed by atoms with Crippen molar-refractivity contribution in [2.24, 2.45) is 10.3 Å². The van der Waals surface area contributed by atoms with Crippen molar-refractivity contribution in [1.82, 2.24) is 0 Å². The zero-order chi connectivity index (χ0) is 17.6. The standard InChI is InChI=1S/C19H15N3O3/c23-17-8-4-13(5-9-17)19(14-6-10-18(24)11-7-14)21-20-15-2-1-3-16(12-15)22-25/h1-12,20,23-24H. The first kappa shape index (κ1) is 16.2. The second kappa shape index (κ2) is 7.27. The van der Waals surface area contributed by atoms with Gasteiger partial charge in [-0.15, -0.1) is 4.91 Å². The number of nitroso groups, excluding NO2 is 1. The lowest BCUT2D eigenvalue weighted by atomic mass is 10.0. The van der Waals surface area contributed by atoms with Crippen molar-refractivity contribution in [2.75, 3.05) is 5.43 Å². The van der Waals surface area contributed by atoms with Crippen LogP contribution in [-0.4, -0.2) is 15.9 Å². The maximum atomic E-state index is 10.6. The SMILES string of the molecule is O=Nc1cccc(NN=C(c2ccc(O)cc2)c2ccc(O)cc2)c1. The minimum Gasteiger partial charge on any atom is -0.508 e. The van der Waals surface area contributed by atoms with Gasteiger partial charge in [-0.3, -0.25) is 5.43 Å². The summed E-state index contributed by atoms with van der Waals surface area (Å²) in [6.45, 7) is 0. The number of aromatic hydroxyl groups is 2. The van der Waals surface area contributed by atoms with E-state index < -0.39 is 0 Å². The van der Waals surface area contributed by atoms with Crippen molar-refractivity contribution >= 4 is 17.1 Å². The molecule has 3 aromatic carbocycles. The zero-order valence-corrected chi connectivity index (χ0v) is 13.1. The van der Waals surface area contributed by atoms with E-state index in [-0.39, 0.29) is 11.5 Å². The minimum atomic E-state index is 0.159. The molecule has 0 amide bonds. The third kappa shape index (κ3) is 4.00. The van der Waals surface area contributed by atoms with Gasteiger partial charge in [0.1, 0.15) is 17.2 Å². The average molecular weight is 333 g/mol. The van der Waals surface area contributed by atoms with E-state index in [0.717, 1.165) is 11.1 Å². The highest BCUT2D eigenvalue weighted by Crippen LogP contribution is 2.20. The highest BCUT2D eigenvalue weighted by atomic mass is 16.3. The lowest BCUT2D eigenvalue weighted by Gasteiger charge is -2.09. The maximum absolute atomic E-state index is 10.6. The summed E-state index contributed by atoms with van der Waals surface area (Å²) < 4.78 is 0. The summed E-state index contributed by atoms with van der Waals surface area (Å²) in [6.07, 6.45) is 0. The Morgan fingerprint density at radius 3 is 1.88 bits per heavy atom. The van der Waals surface area contributed by atoms with Crippen molar-refractivity contribution < 1.29 is 10.2 Å². The van der Waals surface area contributed by atoms with Gasteiger partial charge < -0.3 is 10.2 Å². The number of anilines is 1. The molecule has 124 valence electrons. The maximum Gasteiger partial charge on any atom is 0.115 e. The molecule has 6 nitrogen and oxygen atoms in total. The van der Waals surface area contributed by atoms with E-state index >= 15 is 0 Å². The number of benzene rings is 3. The molecule has 0 bridgehead atoms. The molecule has 6 heteroatoms. The first-order valence-electron chi connectivity index (χ1n) is 7.51. The number of rotatable bonds is 5.